The van der Waals surface area contributed by atoms with Gasteiger partial charge in [0.05, 0.1) is 5.56 Å². The van der Waals surface area contributed by atoms with E-state index in [-0.39, 0.29) is 12.4 Å². The number of carbonyl (C=O) groups excluding carboxylic acids is 2. The summed E-state index contributed by atoms with van der Waals surface area (Å²) < 4.78 is 5.93. The number of halogens is 1. The molecule has 0 unspecified atom stereocenters. The Hall–Kier alpha value is -1.46. The van der Waals surface area contributed by atoms with E-state index >= 15 is 0 Å². The normalized spacial score (nSPS) is 10.3. The standard InChI is InChI=1S/C15H13BrO3S/c1-9-7-13(10(2)20-9)14(17)8-19-15(18)11-3-5-12(16)6-4-11/h3-7H,8H2,1-2H3. The predicted molar refractivity (Wildman–Crippen MR) is 82.5 cm³/mol. The van der Waals surface area contributed by atoms with Gasteiger partial charge in [0.1, 0.15) is 0 Å². The zero-order valence-electron chi connectivity index (χ0n) is 11.1. The SMILES string of the molecule is Cc1cc(C(=O)COC(=O)c2ccc(Br)cc2)c(C)s1. The smallest absolute Gasteiger partial charge is 0.338 e. The van der Waals surface area contributed by atoms with Gasteiger partial charge in [-0.15, -0.1) is 11.3 Å². The summed E-state index contributed by atoms with van der Waals surface area (Å²) in [4.78, 5) is 25.8. The number of benzene rings is 1. The number of ketones is 1. The first-order chi connectivity index (χ1) is 9.47. The fraction of sp³-hybridized carbons (Fsp3) is 0.200. The van der Waals surface area contributed by atoms with Gasteiger partial charge in [0, 0.05) is 19.8 Å². The Bertz CT molecular complexity index is 644. The fourth-order valence-corrected chi connectivity index (χ4v) is 2.99. The van der Waals surface area contributed by atoms with E-state index in [9.17, 15) is 9.59 Å². The van der Waals surface area contributed by atoms with Gasteiger partial charge in [-0.3, -0.25) is 4.79 Å². The molecule has 1 heterocycles. The van der Waals surface area contributed by atoms with E-state index in [1.807, 2.05) is 19.9 Å². The van der Waals surface area contributed by atoms with Crippen molar-refractivity contribution in [3.8, 4) is 0 Å². The van der Waals surface area contributed by atoms with Crippen LogP contribution in [0.4, 0.5) is 0 Å². The molecule has 0 fully saturated rings. The molecule has 0 aliphatic heterocycles. The van der Waals surface area contributed by atoms with Gasteiger partial charge in [0.25, 0.3) is 0 Å². The Balaban J connectivity index is 1.98. The van der Waals surface area contributed by atoms with Crippen molar-refractivity contribution in [3.63, 3.8) is 0 Å². The van der Waals surface area contributed by atoms with Crippen molar-refractivity contribution >= 4 is 39.0 Å². The topological polar surface area (TPSA) is 43.4 Å². The van der Waals surface area contributed by atoms with E-state index in [1.54, 1.807) is 35.6 Å². The van der Waals surface area contributed by atoms with Crippen molar-refractivity contribution in [2.24, 2.45) is 0 Å². The van der Waals surface area contributed by atoms with Crippen LogP contribution < -0.4 is 0 Å². The van der Waals surface area contributed by atoms with Crippen LogP contribution in [-0.4, -0.2) is 18.4 Å². The van der Waals surface area contributed by atoms with Crippen LogP contribution in [0.2, 0.25) is 0 Å². The number of hydrogen-bond acceptors (Lipinski definition) is 4. The quantitative estimate of drug-likeness (QED) is 0.612. The maximum Gasteiger partial charge on any atom is 0.338 e. The Morgan fingerprint density at radius 3 is 2.40 bits per heavy atom. The Morgan fingerprint density at radius 2 is 1.85 bits per heavy atom. The van der Waals surface area contributed by atoms with Crippen molar-refractivity contribution in [2.45, 2.75) is 13.8 Å². The fourth-order valence-electron chi connectivity index (χ4n) is 1.79. The highest BCUT2D eigenvalue weighted by Gasteiger charge is 2.15. The van der Waals surface area contributed by atoms with Gasteiger partial charge in [-0.05, 0) is 44.2 Å². The number of carbonyl (C=O) groups is 2. The maximum absolute atomic E-state index is 12.0. The van der Waals surface area contributed by atoms with Crippen LogP contribution >= 0.6 is 27.3 Å². The lowest BCUT2D eigenvalue weighted by molar-refractivity contribution is 0.0474. The van der Waals surface area contributed by atoms with Crippen molar-refractivity contribution in [2.75, 3.05) is 6.61 Å². The summed E-state index contributed by atoms with van der Waals surface area (Å²) in [5.74, 6) is -0.659. The molecular formula is C15H13BrO3S. The monoisotopic (exact) mass is 352 g/mol. The molecule has 1 aromatic heterocycles. The molecule has 2 aromatic rings. The Morgan fingerprint density at radius 1 is 1.20 bits per heavy atom. The van der Waals surface area contributed by atoms with Crippen LogP contribution in [0.1, 0.15) is 30.5 Å². The van der Waals surface area contributed by atoms with E-state index in [4.69, 9.17) is 4.74 Å². The lowest BCUT2D eigenvalue weighted by Crippen LogP contribution is -2.14. The average Bonchev–Trinajstić information content (AvgIpc) is 2.75. The van der Waals surface area contributed by atoms with Gasteiger partial charge in [-0.2, -0.15) is 0 Å². The summed E-state index contributed by atoms with van der Waals surface area (Å²) >= 11 is 4.86. The minimum atomic E-state index is -0.490. The number of thiophene rings is 1. The average molecular weight is 353 g/mol. The zero-order valence-corrected chi connectivity index (χ0v) is 13.5. The highest BCUT2D eigenvalue weighted by molar-refractivity contribution is 9.10. The van der Waals surface area contributed by atoms with Gasteiger partial charge < -0.3 is 4.74 Å². The molecule has 0 saturated heterocycles. The summed E-state index contributed by atoms with van der Waals surface area (Å²) in [6.07, 6.45) is 0. The summed E-state index contributed by atoms with van der Waals surface area (Å²) in [6, 6.07) is 8.64. The molecule has 0 aliphatic rings. The van der Waals surface area contributed by atoms with E-state index < -0.39 is 5.97 Å². The number of hydrogen-bond donors (Lipinski definition) is 0. The van der Waals surface area contributed by atoms with Crippen LogP contribution in [0.5, 0.6) is 0 Å². The molecule has 5 heteroatoms. The van der Waals surface area contributed by atoms with Crippen LogP contribution in [0.25, 0.3) is 0 Å². The number of Topliss-reactive ketones (excluding diaryl/α,β-unsaturated/α-hetero) is 1. The van der Waals surface area contributed by atoms with E-state index in [0.29, 0.717) is 11.1 Å². The Labute approximate surface area is 129 Å². The largest absolute Gasteiger partial charge is 0.454 e. The highest BCUT2D eigenvalue weighted by Crippen LogP contribution is 2.21. The van der Waals surface area contributed by atoms with Crippen molar-refractivity contribution in [1.29, 1.82) is 0 Å². The molecule has 0 spiro atoms. The molecule has 2 rings (SSSR count). The van der Waals surface area contributed by atoms with Gasteiger partial charge in [0.15, 0.2) is 6.61 Å². The van der Waals surface area contributed by atoms with Crippen molar-refractivity contribution < 1.29 is 14.3 Å². The third kappa shape index (κ3) is 3.55. The molecule has 0 N–H and O–H groups in total. The minimum Gasteiger partial charge on any atom is -0.454 e. The third-order valence-corrected chi connectivity index (χ3v) is 4.25. The summed E-state index contributed by atoms with van der Waals surface area (Å²) in [5, 5.41) is 0. The van der Waals surface area contributed by atoms with Crippen LogP contribution in [0, 0.1) is 13.8 Å². The van der Waals surface area contributed by atoms with Gasteiger partial charge in [-0.1, -0.05) is 15.9 Å². The molecule has 0 saturated carbocycles. The number of aryl methyl sites for hydroxylation is 2. The molecule has 0 radical (unpaired) electrons. The van der Waals surface area contributed by atoms with Crippen LogP contribution in [0.3, 0.4) is 0 Å². The maximum atomic E-state index is 12.0. The highest BCUT2D eigenvalue weighted by atomic mass is 79.9. The number of esters is 1. The second-order valence-electron chi connectivity index (χ2n) is 4.33. The molecule has 0 amide bonds. The summed E-state index contributed by atoms with van der Waals surface area (Å²) in [7, 11) is 0. The number of ether oxygens (including phenoxy) is 1. The summed E-state index contributed by atoms with van der Waals surface area (Å²) in [5.41, 5.74) is 1.07. The molecule has 1 aromatic carbocycles. The zero-order chi connectivity index (χ0) is 14.7. The van der Waals surface area contributed by atoms with Crippen molar-refractivity contribution in [1.82, 2.24) is 0 Å². The van der Waals surface area contributed by atoms with Crippen LogP contribution in [0.15, 0.2) is 34.8 Å². The first kappa shape index (κ1) is 14.9. The van der Waals surface area contributed by atoms with Gasteiger partial charge in [-0.25, -0.2) is 4.79 Å². The van der Waals surface area contributed by atoms with E-state index in [1.165, 1.54) is 0 Å². The number of rotatable bonds is 4. The molecule has 3 nitrogen and oxygen atoms in total. The summed E-state index contributed by atoms with van der Waals surface area (Å²) in [6.45, 7) is 3.61. The van der Waals surface area contributed by atoms with Crippen molar-refractivity contribution in [3.05, 3.63) is 55.7 Å². The predicted octanol–water partition coefficient (Wildman–Crippen LogP) is 4.17. The van der Waals surface area contributed by atoms with E-state index in [2.05, 4.69) is 15.9 Å². The lowest BCUT2D eigenvalue weighted by atomic mass is 10.2. The second-order valence-corrected chi connectivity index (χ2v) is 6.71. The third-order valence-electron chi connectivity index (χ3n) is 2.76. The first-order valence-electron chi connectivity index (χ1n) is 6.00. The van der Waals surface area contributed by atoms with Gasteiger partial charge >= 0.3 is 5.97 Å². The van der Waals surface area contributed by atoms with Gasteiger partial charge in [0.2, 0.25) is 5.78 Å². The molecule has 104 valence electrons. The molecule has 0 atom stereocenters. The van der Waals surface area contributed by atoms with Crippen LogP contribution in [-0.2, 0) is 4.74 Å². The first-order valence-corrected chi connectivity index (χ1v) is 7.61. The minimum absolute atomic E-state index is 0.169. The molecule has 0 bridgehead atoms. The van der Waals surface area contributed by atoms with E-state index in [0.717, 1.165) is 14.2 Å². The molecular weight excluding hydrogens is 340 g/mol. The lowest BCUT2D eigenvalue weighted by Gasteiger charge is -2.04. The molecule has 0 aliphatic carbocycles. The molecule has 20 heavy (non-hydrogen) atoms. The second kappa shape index (κ2) is 6.33. The Kier molecular flexibility index (Phi) is 4.73.